The van der Waals surface area contributed by atoms with Crippen molar-refractivity contribution >= 4 is 32.4 Å². The summed E-state index contributed by atoms with van der Waals surface area (Å²) in [4.78, 5) is 26.2. The molecule has 0 unspecified atom stereocenters. The minimum absolute atomic E-state index is 0.00753. The van der Waals surface area contributed by atoms with Crippen LogP contribution in [-0.2, 0) is 16.6 Å². The summed E-state index contributed by atoms with van der Waals surface area (Å²) >= 11 is 1.11. The second-order valence-electron chi connectivity index (χ2n) is 4.76. The number of aromatic amines is 1. The van der Waals surface area contributed by atoms with Crippen LogP contribution in [0.3, 0.4) is 0 Å². The van der Waals surface area contributed by atoms with E-state index in [0.717, 1.165) is 11.3 Å². The Morgan fingerprint density at radius 2 is 1.91 bits per heavy atom. The lowest BCUT2D eigenvalue weighted by Gasteiger charge is -2.10. The lowest BCUT2D eigenvalue weighted by Crippen LogP contribution is -2.39. The van der Waals surface area contributed by atoms with Crippen LogP contribution in [0.2, 0.25) is 0 Å². The van der Waals surface area contributed by atoms with Crippen molar-refractivity contribution < 1.29 is 8.42 Å². The first-order valence-electron chi connectivity index (χ1n) is 6.74. The van der Waals surface area contributed by atoms with Crippen LogP contribution in [0.25, 0.3) is 11.0 Å². The van der Waals surface area contributed by atoms with Crippen molar-refractivity contribution in [2.45, 2.75) is 10.8 Å². The van der Waals surface area contributed by atoms with E-state index in [4.69, 9.17) is 0 Å². The molecule has 2 N–H and O–H groups in total. The lowest BCUT2D eigenvalue weighted by atomic mass is 10.3. The number of hydrogen-bond donors (Lipinski definition) is 2. The summed E-state index contributed by atoms with van der Waals surface area (Å²) in [5, 5.41) is 1.67. The number of nitrogens with zero attached hydrogens (tertiary/aromatic N) is 1. The van der Waals surface area contributed by atoms with Gasteiger partial charge in [0.05, 0.1) is 11.0 Å². The Kier molecular flexibility index (Phi) is 4.16. The van der Waals surface area contributed by atoms with Gasteiger partial charge in [-0.05, 0) is 23.6 Å². The summed E-state index contributed by atoms with van der Waals surface area (Å²) in [6.45, 7) is 0.0709. The second kappa shape index (κ2) is 6.11. The number of para-hydroxylation sites is 2. The molecule has 2 aromatic heterocycles. The number of fused-ring (bicyclic) bond motifs is 1. The van der Waals surface area contributed by atoms with Crippen molar-refractivity contribution in [2.24, 2.45) is 0 Å². The molecule has 23 heavy (non-hydrogen) atoms. The molecule has 0 radical (unpaired) electrons. The molecular formula is C14H13N3O4S2. The van der Waals surface area contributed by atoms with Gasteiger partial charge in [0.15, 0.2) is 0 Å². The molecule has 3 aromatic rings. The van der Waals surface area contributed by atoms with Crippen molar-refractivity contribution in [2.75, 3.05) is 6.54 Å². The van der Waals surface area contributed by atoms with Crippen molar-refractivity contribution in [1.82, 2.24) is 14.3 Å². The van der Waals surface area contributed by atoms with E-state index in [1.54, 1.807) is 35.7 Å². The van der Waals surface area contributed by atoms with E-state index in [0.29, 0.717) is 11.0 Å². The highest BCUT2D eigenvalue weighted by Gasteiger charge is 2.15. The zero-order valence-electron chi connectivity index (χ0n) is 11.9. The van der Waals surface area contributed by atoms with Gasteiger partial charge in [0.1, 0.15) is 4.21 Å². The molecule has 1 aromatic carbocycles. The topological polar surface area (TPSA) is 101 Å². The first-order chi connectivity index (χ1) is 11.0. The number of nitrogens with one attached hydrogen (secondary N) is 2. The molecule has 3 rings (SSSR count). The number of hydrogen-bond acceptors (Lipinski definition) is 5. The maximum Gasteiger partial charge on any atom is 0.316 e. The number of benzene rings is 1. The SMILES string of the molecule is O=c1[nH]c2ccccc2n(CCNS(=O)(=O)c2cccs2)c1=O. The molecule has 0 saturated carbocycles. The maximum atomic E-state index is 12.0. The summed E-state index contributed by atoms with van der Waals surface area (Å²) in [6, 6.07) is 10.0. The minimum Gasteiger partial charge on any atom is -0.316 e. The van der Waals surface area contributed by atoms with Crippen molar-refractivity contribution in [3.63, 3.8) is 0 Å². The number of sulfonamides is 1. The second-order valence-corrected chi connectivity index (χ2v) is 7.70. The van der Waals surface area contributed by atoms with Gasteiger partial charge in [0.2, 0.25) is 10.0 Å². The molecule has 7 nitrogen and oxygen atoms in total. The largest absolute Gasteiger partial charge is 0.316 e. The van der Waals surface area contributed by atoms with E-state index >= 15 is 0 Å². The summed E-state index contributed by atoms with van der Waals surface area (Å²) in [7, 11) is -3.60. The average Bonchev–Trinajstić information content (AvgIpc) is 3.06. The fourth-order valence-corrected chi connectivity index (χ4v) is 4.28. The van der Waals surface area contributed by atoms with Gasteiger partial charge >= 0.3 is 11.1 Å². The van der Waals surface area contributed by atoms with E-state index in [-0.39, 0.29) is 17.3 Å². The zero-order valence-corrected chi connectivity index (χ0v) is 13.5. The van der Waals surface area contributed by atoms with Gasteiger partial charge in [-0.3, -0.25) is 9.59 Å². The predicted octanol–water partition coefficient (Wildman–Crippen LogP) is 0.730. The summed E-state index contributed by atoms with van der Waals surface area (Å²) in [5.74, 6) is 0. The molecule has 0 aliphatic heterocycles. The molecule has 0 aliphatic rings. The average molecular weight is 351 g/mol. The van der Waals surface area contributed by atoms with Crippen molar-refractivity contribution in [3.8, 4) is 0 Å². The molecule has 120 valence electrons. The highest BCUT2D eigenvalue weighted by Crippen LogP contribution is 2.15. The van der Waals surface area contributed by atoms with E-state index in [9.17, 15) is 18.0 Å². The lowest BCUT2D eigenvalue weighted by molar-refractivity contribution is 0.574. The van der Waals surface area contributed by atoms with Crippen LogP contribution < -0.4 is 15.8 Å². The van der Waals surface area contributed by atoms with Gasteiger partial charge in [0.25, 0.3) is 0 Å². The molecule has 0 aliphatic carbocycles. The summed E-state index contributed by atoms with van der Waals surface area (Å²) in [5.41, 5.74) is -0.366. The maximum absolute atomic E-state index is 12.0. The molecule has 0 bridgehead atoms. The van der Waals surface area contributed by atoms with Gasteiger partial charge in [-0.25, -0.2) is 13.1 Å². The quantitative estimate of drug-likeness (QED) is 0.662. The smallest absolute Gasteiger partial charge is 0.316 e. The number of H-pyrrole nitrogens is 1. The molecule has 2 heterocycles. The van der Waals surface area contributed by atoms with Crippen LogP contribution in [0.15, 0.2) is 55.6 Å². The Balaban J connectivity index is 1.87. The molecule has 0 atom stereocenters. The highest BCUT2D eigenvalue weighted by atomic mass is 32.2. The summed E-state index contributed by atoms with van der Waals surface area (Å²) < 4.78 is 28.0. The van der Waals surface area contributed by atoms with E-state index in [2.05, 4.69) is 9.71 Å². The monoisotopic (exact) mass is 351 g/mol. The molecule has 0 spiro atoms. The third-order valence-electron chi connectivity index (χ3n) is 3.27. The van der Waals surface area contributed by atoms with Crippen LogP contribution in [0.4, 0.5) is 0 Å². The van der Waals surface area contributed by atoms with Crippen LogP contribution in [0.5, 0.6) is 0 Å². The molecule has 0 amide bonds. The molecule has 0 saturated heterocycles. The van der Waals surface area contributed by atoms with Crippen LogP contribution >= 0.6 is 11.3 Å². The van der Waals surface area contributed by atoms with E-state index in [1.165, 1.54) is 10.6 Å². The van der Waals surface area contributed by atoms with Crippen LogP contribution in [0, 0.1) is 0 Å². The Morgan fingerprint density at radius 1 is 1.13 bits per heavy atom. The van der Waals surface area contributed by atoms with E-state index in [1.807, 2.05) is 0 Å². The third-order valence-corrected chi connectivity index (χ3v) is 6.13. The first-order valence-corrected chi connectivity index (χ1v) is 9.10. The predicted molar refractivity (Wildman–Crippen MR) is 88.3 cm³/mol. The van der Waals surface area contributed by atoms with Gasteiger partial charge < -0.3 is 9.55 Å². The Labute approximate surface area is 135 Å². The van der Waals surface area contributed by atoms with Crippen molar-refractivity contribution in [3.05, 3.63) is 62.5 Å². The first kappa shape index (κ1) is 15.7. The standard InChI is InChI=1S/C14H13N3O4S2/c18-13-14(19)17(11-5-2-1-4-10(11)16-13)8-7-15-23(20,21)12-6-3-9-22-12/h1-6,9,15H,7-8H2,(H,16,18). The van der Waals surface area contributed by atoms with Gasteiger partial charge in [-0.15, -0.1) is 11.3 Å². The molecule has 9 heteroatoms. The van der Waals surface area contributed by atoms with E-state index < -0.39 is 21.1 Å². The van der Waals surface area contributed by atoms with Gasteiger partial charge in [-0.2, -0.15) is 0 Å². The molecule has 0 fully saturated rings. The van der Waals surface area contributed by atoms with Crippen LogP contribution in [0.1, 0.15) is 0 Å². The summed E-state index contributed by atoms with van der Waals surface area (Å²) in [6.07, 6.45) is 0. The third kappa shape index (κ3) is 3.11. The van der Waals surface area contributed by atoms with Gasteiger partial charge in [0, 0.05) is 13.1 Å². The highest BCUT2D eigenvalue weighted by molar-refractivity contribution is 7.91. The molecular weight excluding hydrogens is 338 g/mol. The Bertz CT molecular complexity index is 1050. The normalized spacial score (nSPS) is 11.8. The van der Waals surface area contributed by atoms with Crippen LogP contribution in [-0.4, -0.2) is 24.5 Å². The Morgan fingerprint density at radius 3 is 2.65 bits per heavy atom. The number of aromatic nitrogens is 2. The number of thiophene rings is 1. The zero-order chi connectivity index (χ0) is 16.4. The van der Waals surface area contributed by atoms with Gasteiger partial charge in [-0.1, -0.05) is 18.2 Å². The Hall–Kier alpha value is -2.23. The van der Waals surface area contributed by atoms with Crippen molar-refractivity contribution in [1.29, 1.82) is 0 Å². The number of rotatable bonds is 5. The fourth-order valence-electron chi connectivity index (χ4n) is 2.22. The minimum atomic E-state index is -3.60. The fraction of sp³-hybridized carbons (Fsp3) is 0.143.